The van der Waals surface area contributed by atoms with Crippen LogP contribution in [-0.2, 0) is 19.4 Å². The summed E-state index contributed by atoms with van der Waals surface area (Å²) in [7, 11) is 0. The van der Waals surface area contributed by atoms with Gasteiger partial charge in [0, 0.05) is 68.2 Å². The molecular formula is C19H32IN7S2. The van der Waals surface area contributed by atoms with E-state index < -0.39 is 0 Å². The lowest BCUT2D eigenvalue weighted by Crippen LogP contribution is -2.52. The molecule has 0 spiro atoms. The van der Waals surface area contributed by atoms with Crippen molar-refractivity contribution in [2.75, 3.05) is 37.6 Å². The van der Waals surface area contributed by atoms with Gasteiger partial charge in [-0.1, -0.05) is 20.8 Å². The van der Waals surface area contributed by atoms with Gasteiger partial charge in [0.25, 0.3) is 0 Å². The van der Waals surface area contributed by atoms with Crippen molar-refractivity contribution in [2.24, 2.45) is 10.9 Å². The van der Waals surface area contributed by atoms with Crippen molar-refractivity contribution in [3.05, 3.63) is 21.9 Å². The third-order valence-corrected chi connectivity index (χ3v) is 6.35. The van der Waals surface area contributed by atoms with Crippen molar-refractivity contribution in [1.82, 2.24) is 24.6 Å². The maximum atomic E-state index is 4.87. The number of rotatable bonds is 7. The fraction of sp³-hybridized carbons (Fsp3) is 0.684. The minimum atomic E-state index is 0. The average molecular weight is 550 g/mol. The Morgan fingerprint density at radius 3 is 2.62 bits per heavy atom. The van der Waals surface area contributed by atoms with Crippen LogP contribution in [0.2, 0.25) is 0 Å². The van der Waals surface area contributed by atoms with Gasteiger partial charge in [-0.3, -0.25) is 0 Å². The molecule has 10 heteroatoms. The van der Waals surface area contributed by atoms with Crippen LogP contribution in [0.25, 0.3) is 0 Å². The molecule has 7 nitrogen and oxygen atoms in total. The van der Waals surface area contributed by atoms with Crippen LogP contribution >= 0.6 is 46.8 Å². The van der Waals surface area contributed by atoms with E-state index >= 15 is 0 Å². The van der Waals surface area contributed by atoms with Crippen LogP contribution in [0.3, 0.4) is 0 Å². The Kier molecular flexibility index (Phi) is 10.0. The maximum absolute atomic E-state index is 4.87. The predicted molar refractivity (Wildman–Crippen MR) is 134 cm³/mol. The first-order valence-corrected chi connectivity index (χ1v) is 11.7. The van der Waals surface area contributed by atoms with Gasteiger partial charge < -0.3 is 15.1 Å². The Balaban J connectivity index is 0.00000300. The second-order valence-electron chi connectivity index (χ2n) is 7.31. The Morgan fingerprint density at radius 2 is 2.00 bits per heavy atom. The second kappa shape index (κ2) is 12.0. The molecule has 0 saturated carbocycles. The van der Waals surface area contributed by atoms with E-state index in [1.165, 1.54) is 21.4 Å². The van der Waals surface area contributed by atoms with Gasteiger partial charge in [0.1, 0.15) is 5.82 Å². The minimum absolute atomic E-state index is 0. The van der Waals surface area contributed by atoms with E-state index in [0.717, 1.165) is 62.5 Å². The SMILES string of the molecule is CCNC(=NCc1cnc(CC(C)C)s1)N1CCN(c2nc(CC)ns2)CC1.I. The fourth-order valence-corrected chi connectivity index (χ4v) is 4.93. The molecule has 0 unspecified atom stereocenters. The van der Waals surface area contributed by atoms with Gasteiger partial charge in [-0.15, -0.1) is 35.3 Å². The van der Waals surface area contributed by atoms with E-state index in [1.807, 2.05) is 6.20 Å². The number of anilines is 1. The summed E-state index contributed by atoms with van der Waals surface area (Å²) in [4.78, 5) is 19.9. The highest BCUT2D eigenvalue weighted by Gasteiger charge is 2.22. The number of piperazine rings is 1. The predicted octanol–water partition coefficient (Wildman–Crippen LogP) is 3.66. The molecule has 2 aromatic heterocycles. The van der Waals surface area contributed by atoms with E-state index in [-0.39, 0.29) is 24.0 Å². The number of aryl methyl sites for hydroxylation is 1. The third-order valence-electron chi connectivity index (χ3n) is 4.53. The lowest BCUT2D eigenvalue weighted by Gasteiger charge is -2.36. The second-order valence-corrected chi connectivity index (χ2v) is 9.24. The molecule has 1 saturated heterocycles. The summed E-state index contributed by atoms with van der Waals surface area (Å²) < 4.78 is 4.41. The lowest BCUT2D eigenvalue weighted by atomic mass is 10.1. The molecule has 3 rings (SSSR count). The molecule has 2 aromatic rings. The van der Waals surface area contributed by atoms with Gasteiger partial charge in [0.2, 0.25) is 5.13 Å². The number of hydrogen-bond acceptors (Lipinski definition) is 7. The Hall–Kier alpha value is -1.01. The quantitative estimate of drug-likeness (QED) is 0.323. The van der Waals surface area contributed by atoms with Crippen LogP contribution < -0.4 is 10.2 Å². The van der Waals surface area contributed by atoms with Crippen LogP contribution in [0.15, 0.2) is 11.2 Å². The van der Waals surface area contributed by atoms with Gasteiger partial charge in [0.15, 0.2) is 5.96 Å². The molecule has 1 aliphatic rings. The number of thiazole rings is 1. The molecule has 1 N–H and O–H groups in total. The summed E-state index contributed by atoms with van der Waals surface area (Å²) in [6, 6.07) is 0. The zero-order valence-corrected chi connectivity index (χ0v) is 21.7. The number of halogens is 1. The summed E-state index contributed by atoms with van der Waals surface area (Å²) in [6.07, 6.45) is 3.92. The zero-order chi connectivity index (χ0) is 19.9. The number of nitrogens with one attached hydrogen (secondary N) is 1. The van der Waals surface area contributed by atoms with Crippen molar-refractivity contribution in [3.63, 3.8) is 0 Å². The zero-order valence-electron chi connectivity index (χ0n) is 17.7. The van der Waals surface area contributed by atoms with Crippen LogP contribution in [0.5, 0.6) is 0 Å². The molecule has 3 heterocycles. The normalized spacial score (nSPS) is 15.0. The van der Waals surface area contributed by atoms with Gasteiger partial charge in [-0.05, 0) is 12.8 Å². The summed E-state index contributed by atoms with van der Waals surface area (Å²) in [5, 5.41) is 5.70. The van der Waals surface area contributed by atoms with Gasteiger partial charge in [0.05, 0.1) is 11.6 Å². The first-order valence-electron chi connectivity index (χ1n) is 10.1. The maximum Gasteiger partial charge on any atom is 0.205 e. The monoisotopic (exact) mass is 549 g/mol. The summed E-state index contributed by atoms with van der Waals surface area (Å²) in [6.45, 7) is 14.0. The summed E-state index contributed by atoms with van der Waals surface area (Å²) in [5.41, 5.74) is 0. The van der Waals surface area contributed by atoms with Crippen LogP contribution in [0.1, 0.15) is 43.4 Å². The van der Waals surface area contributed by atoms with Crippen LogP contribution in [0.4, 0.5) is 5.13 Å². The van der Waals surface area contributed by atoms with Gasteiger partial charge in [-0.25, -0.2) is 15.0 Å². The first kappa shape index (κ1) is 24.3. The van der Waals surface area contributed by atoms with Gasteiger partial charge >= 0.3 is 0 Å². The fourth-order valence-electron chi connectivity index (χ4n) is 3.07. The molecule has 0 radical (unpaired) electrons. The van der Waals surface area contributed by atoms with Crippen LogP contribution in [-0.4, -0.2) is 57.9 Å². The molecule has 1 aliphatic heterocycles. The lowest BCUT2D eigenvalue weighted by molar-refractivity contribution is 0.372. The third kappa shape index (κ3) is 7.02. The summed E-state index contributed by atoms with van der Waals surface area (Å²) >= 11 is 3.29. The minimum Gasteiger partial charge on any atom is -0.357 e. The number of nitrogens with zero attached hydrogens (tertiary/aromatic N) is 6. The van der Waals surface area contributed by atoms with E-state index in [0.29, 0.717) is 12.5 Å². The van der Waals surface area contributed by atoms with E-state index in [1.54, 1.807) is 11.3 Å². The number of aliphatic imine (C=N–C) groups is 1. The van der Waals surface area contributed by atoms with E-state index in [9.17, 15) is 0 Å². The molecular weight excluding hydrogens is 517 g/mol. The average Bonchev–Trinajstić information content (AvgIpc) is 3.34. The Morgan fingerprint density at radius 1 is 1.24 bits per heavy atom. The van der Waals surface area contributed by atoms with Crippen molar-refractivity contribution in [3.8, 4) is 0 Å². The molecule has 0 atom stereocenters. The van der Waals surface area contributed by atoms with Crippen molar-refractivity contribution in [1.29, 1.82) is 0 Å². The molecule has 0 bridgehead atoms. The molecule has 162 valence electrons. The number of hydrogen-bond donors (Lipinski definition) is 1. The standard InChI is InChI=1S/C19H31N7S2.HI/c1-5-16-23-19(28-24-16)26-9-7-25(8-10-26)18(20-6-2)22-13-15-12-21-17(27-15)11-14(3)4;/h12,14H,5-11,13H2,1-4H3,(H,20,22);1H. The summed E-state index contributed by atoms with van der Waals surface area (Å²) in [5.74, 6) is 2.57. The number of aromatic nitrogens is 3. The largest absolute Gasteiger partial charge is 0.357 e. The Labute approximate surface area is 199 Å². The van der Waals surface area contributed by atoms with E-state index in [4.69, 9.17) is 4.99 Å². The Bertz CT molecular complexity index is 766. The molecule has 29 heavy (non-hydrogen) atoms. The van der Waals surface area contributed by atoms with E-state index in [2.05, 4.69) is 57.2 Å². The molecule has 1 fully saturated rings. The molecule has 0 amide bonds. The highest BCUT2D eigenvalue weighted by Crippen LogP contribution is 2.20. The highest BCUT2D eigenvalue weighted by molar-refractivity contribution is 14.0. The first-order chi connectivity index (χ1) is 13.6. The van der Waals surface area contributed by atoms with Crippen molar-refractivity contribution < 1.29 is 0 Å². The van der Waals surface area contributed by atoms with Crippen molar-refractivity contribution in [2.45, 2.75) is 47.1 Å². The van der Waals surface area contributed by atoms with Crippen molar-refractivity contribution >= 4 is 57.9 Å². The van der Waals surface area contributed by atoms with Gasteiger partial charge in [-0.2, -0.15) is 4.37 Å². The topological polar surface area (TPSA) is 69.5 Å². The number of guanidine groups is 1. The smallest absolute Gasteiger partial charge is 0.205 e. The molecule has 0 aromatic carbocycles. The highest BCUT2D eigenvalue weighted by atomic mass is 127. The molecule has 0 aliphatic carbocycles. The van der Waals surface area contributed by atoms with Crippen LogP contribution in [0, 0.1) is 5.92 Å².